The summed E-state index contributed by atoms with van der Waals surface area (Å²) in [6, 6.07) is 18.7. The normalized spacial score (nSPS) is 12.3. The number of nitrogens with one attached hydrogen (secondary N) is 1. The molecule has 0 radical (unpaired) electrons. The molecule has 1 aromatic heterocycles. The van der Waals surface area contributed by atoms with Crippen LogP contribution in [-0.4, -0.2) is 18.9 Å². The third-order valence-corrected chi connectivity index (χ3v) is 7.55. The maximum atomic E-state index is 13.0. The molecule has 0 aliphatic heterocycles. The number of fused-ring (bicyclic) bond motifs is 1. The lowest BCUT2D eigenvalue weighted by molar-refractivity contribution is 0.0999. The van der Waals surface area contributed by atoms with E-state index in [0.29, 0.717) is 4.80 Å². The van der Waals surface area contributed by atoms with Crippen LogP contribution in [0, 0.1) is 13.8 Å². The predicted molar refractivity (Wildman–Crippen MR) is 124 cm³/mol. The van der Waals surface area contributed by atoms with Gasteiger partial charge in [-0.25, -0.2) is 8.42 Å². The Balaban J connectivity index is 1.74. The summed E-state index contributed by atoms with van der Waals surface area (Å²) in [5.41, 5.74) is 3.72. The summed E-state index contributed by atoms with van der Waals surface area (Å²) < 4.78 is 30.9. The van der Waals surface area contributed by atoms with E-state index in [-0.39, 0.29) is 16.1 Å². The second-order valence-corrected chi connectivity index (χ2v) is 9.92. The lowest BCUT2D eigenvalue weighted by Crippen LogP contribution is -2.17. The van der Waals surface area contributed by atoms with Crippen molar-refractivity contribution in [2.75, 3.05) is 4.72 Å². The number of hydrogen-bond acceptors (Lipinski definition) is 4. The maximum Gasteiger partial charge on any atom is 0.281 e. The molecule has 158 valence electrons. The number of carbonyl (C=O) groups excluding carboxylic acids is 1. The van der Waals surface area contributed by atoms with E-state index >= 15 is 0 Å². The van der Waals surface area contributed by atoms with Gasteiger partial charge in [-0.05, 0) is 61.4 Å². The molecule has 0 bridgehead atoms. The molecular weight excluding hydrogens is 430 g/mol. The van der Waals surface area contributed by atoms with Crippen LogP contribution in [0.5, 0.6) is 0 Å². The van der Waals surface area contributed by atoms with Crippen molar-refractivity contribution in [1.82, 2.24) is 4.57 Å². The fraction of sp³-hybridized carbons (Fsp3) is 0.130. The van der Waals surface area contributed by atoms with E-state index in [0.717, 1.165) is 10.2 Å². The number of hydrogen-bond donors (Lipinski definition) is 1. The molecule has 0 aliphatic rings. The number of carbonyl (C=O) groups is 1. The first kappa shape index (κ1) is 21.0. The molecule has 8 heteroatoms. The Labute approximate surface area is 184 Å². The monoisotopic (exact) mass is 451 g/mol. The Morgan fingerprint density at radius 2 is 1.61 bits per heavy atom. The molecule has 4 aromatic rings. The van der Waals surface area contributed by atoms with Crippen LogP contribution in [-0.2, 0) is 17.1 Å². The van der Waals surface area contributed by atoms with Crippen LogP contribution in [0.1, 0.15) is 21.5 Å². The first-order valence-electron chi connectivity index (χ1n) is 9.59. The van der Waals surface area contributed by atoms with E-state index in [1.165, 1.54) is 34.6 Å². The molecule has 1 heterocycles. The molecule has 1 amide bonds. The zero-order valence-electron chi connectivity index (χ0n) is 17.3. The minimum atomic E-state index is -3.83. The molecule has 31 heavy (non-hydrogen) atoms. The topological polar surface area (TPSA) is 80.5 Å². The molecule has 0 spiro atoms. The molecule has 0 unspecified atom stereocenters. The first-order valence-corrected chi connectivity index (χ1v) is 11.9. The highest BCUT2D eigenvalue weighted by Gasteiger charge is 2.18. The summed E-state index contributed by atoms with van der Waals surface area (Å²) in [7, 11) is -1.96. The number of rotatable bonds is 4. The first-order chi connectivity index (χ1) is 14.8. The van der Waals surface area contributed by atoms with Gasteiger partial charge in [0, 0.05) is 7.05 Å². The number of para-hydroxylation sites is 1. The Morgan fingerprint density at radius 1 is 0.968 bits per heavy atom. The Kier molecular flexibility index (Phi) is 5.51. The van der Waals surface area contributed by atoms with Gasteiger partial charge >= 0.3 is 0 Å². The van der Waals surface area contributed by atoms with Crippen LogP contribution < -0.4 is 9.52 Å². The van der Waals surface area contributed by atoms with Crippen molar-refractivity contribution in [2.24, 2.45) is 12.0 Å². The average molecular weight is 452 g/mol. The summed E-state index contributed by atoms with van der Waals surface area (Å²) in [6.45, 7) is 4.09. The van der Waals surface area contributed by atoms with Gasteiger partial charge < -0.3 is 4.57 Å². The van der Waals surface area contributed by atoms with Crippen LogP contribution in [0.15, 0.2) is 76.6 Å². The number of anilines is 1. The predicted octanol–water partition coefficient (Wildman–Crippen LogP) is 4.40. The number of thiazole rings is 1. The van der Waals surface area contributed by atoms with Crippen LogP contribution >= 0.6 is 11.3 Å². The molecule has 0 saturated carbocycles. The van der Waals surface area contributed by atoms with Gasteiger partial charge in [0.15, 0.2) is 4.80 Å². The zero-order chi connectivity index (χ0) is 22.2. The quantitative estimate of drug-likeness (QED) is 0.499. The van der Waals surface area contributed by atoms with Gasteiger partial charge in [0.05, 0.1) is 26.4 Å². The van der Waals surface area contributed by atoms with E-state index in [2.05, 4.69) is 21.8 Å². The third-order valence-electron chi connectivity index (χ3n) is 5.08. The SMILES string of the molecule is Cc1cc2sc(=NC(=O)c3ccccc3NS(=O)(=O)c3ccccc3)n(C)c2cc1C. The van der Waals surface area contributed by atoms with Crippen molar-refractivity contribution in [3.8, 4) is 0 Å². The number of aromatic nitrogens is 1. The third kappa shape index (κ3) is 4.17. The largest absolute Gasteiger partial charge is 0.319 e. The van der Waals surface area contributed by atoms with Crippen LogP contribution in [0.3, 0.4) is 0 Å². The highest BCUT2D eigenvalue weighted by atomic mass is 32.2. The number of benzene rings is 3. The van der Waals surface area contributed by atoms with Gasteiger partial charge in [-0.2, -0.15) is 4.99 Å². The second kappa shape index (κ2) is 8.13. The van der Waals surface area contributed by atoms with Crippen LogP contribution in [0.2, 0.25) is 0 Å². The summed E-state index contributed by atoms with van der Waals surface area (Å²) >= 11 is 1.42. The molecule has 1 N–H and O–H groups in total. The van der Waals surface area contributed by atoms with Gasteiger partial charge in [0.1, 0.15) is 0 Å². The van der Waals surface area contributed by atoms with Gasteiger partial charge in [-0.3, -0.25) is 9.52 Å². The Hall–Kier alpha value is -3.23. The van der Waals surface area contributed by atoms with E-state index in [4.69, 9.17) is 0 Å². The molecule has 0 aliphatic carbocycles. The number of amides is 1. The lowest BCUT2D eigenvalue weighted by atomic mass is 10.1. The van der Waals surface area contributed by atoms with Gasteiger partial charge in [-0.1, -0.05) is 41.7 Å². The number of sulfonamides is 1. The second-order valence-electron chi connectivity index (χ2n) is 7.23. The van der Waals surface area contributed by atoms with Gasteiger partial charge in [0.2, 0.25) is 0 Å². The van der Waals surface area contributed by atoms with Crippen molar-refractivity contribution < 1.29 is 13.2 Å². The maximum absolute atomic E-state index is 13.0. The van der Waals surface area contributed by atoms with Crippen molar-refractivity contribution in [1.29, 1.82) is 0 Å². The van der Waals surface area contributed by atoms with E-state index < -0.39 is 15.9 Å². The van der Waals surface area contributed by atoms with Gasteiger partial charge in [-0.15, -0.1) is 0 Å². The standard InChI is InChI=1S/C23H21N3O3S2/c1-15-13-20-21(14-16(15)2)30-23(26(20)3)24-22(27)18-11-7-8-12-19(18)25-31(28,29)17-9-5-4-6-10-17/h4-14,25H,1-3H3. The molecule has 0 atom stereocenters. The minimum absolute atomic E-state index is 0.121. The van der Waals surface area contributed by atoms with Crippen molar-refractivity contribution in [3.63, 3.8) is 0 Å². The van der Waals surface area contributed by atoms with E-state index in [1.54, 1.807) is 42.5 Å². The van der Waals surface area contributed by atoms with Crippen molar-refractivity contribution in [2.45, 2.75) is 18.7 Å². The molecule has 0 saturated heterocycles. The Bertz CT molecular complexity index is 1470. The van der Waals surface area contributed by atoms with Crippen LogP contribution in [0.4, 0.5) is 5.69 Å². The summed E-state index contributed by atoms with van der Waals surface area (Å²) in [5, 5.41) is 0. The summed E-state index contributed by atoms with van der Waals surface area (Å²) in [6.07, 6.45) is 0. The molecule has 6 nitrogen and oxygen atoms in total. The van der Waals surface area contributed by atoms with Crippen molar-refractivity contribution >= 4 is 43.2 Å². The minimum Gasteiger partial charge on any atom is -0.319 e. The average Bonchev–Trinajstić information content (AvgIpc) is 3.03. The van der Waals surface area contributed by atoms with E-state index in [1.807, 2.05) is 25.5 Å². The van der Waals surface area contributed by atoms with Gasteiger partial charge in [0.25, 0.3) is 15.9 Å². The highest BCUT2D eigenvalue weighted by molar-refractivity contribution is 7.92. The van der Waals surface area contributed by atoms with E-state index in [9.17, 15) is 13.2 Å². The fourth-order valence-electron chi connectivity index (χ4n) is 3.20. The summed E-state index contributed by atoms with van der Waals surface area (Å²) in [5.74, 6) is -0.512. The van der Waals surface area contributed by atoms with Crippen LogP contribution in [0.25, 0.3) is 10.2 Å². The smallest absolute Gasteiger partial charge is 0.281 e. The molecule has 3 aromatic carbocycles. The lowest BCUT2D eigenvalue weighted by Gasteiger charge is -2.10. The van der Waals surface area contributed by atoms with Crippen molar-refractivity contribution in [3.05, 3.63) is 88.2 Å². The fourth-order valence-corrected chi connectivity index (χ4v) is 5.39. The highest BCUT2D eigenvalue weighted by Crippen LogP contribution is 2.23. The number of aryl methyl sites for hydroxylation is 3. The molecule has 4 rings (SSSR count). The molecular formula is C23H21N3O3S2. The zero-order valence-corrected chi connectivity index (χ0v) is 18.9. The Morgan fingerprint density at radius 3 is 2.35 bits per heavy atom. The number of nitrogens with zero attached hydrogens (tertiary/aromatic N) is 2. The molecule has 0 fully saturated rings. The summed E-state index contributed by atoms with van der Waals surface area (Å²) in [4.78, 5) is 18.0.